The molecule has 1 aromatic rings. The summed E-state index contributed by atoms with van der Waals surface area (Å²) in [6.45, 7) is 4.25. The predicted molar refractivity (Wildman–Crippen MR) is 76.7 cm³/mol. The summed E-state index contributed by atoms with van der Waals surface area (Å²) >= 11 is 0. The van der Waals surface area contributed by atoms with Crippen molar-refractivity contribution in [3.8, 4) is 0 Å². The van der Waals surface area contributed by atoms with Crippen LogP contribution in [0.1, 0.15) is 26.7 Å². The number of carbonyl (C=O) groups is 2. The smallest absolute Gasteiger partial charge is 0.249 e. The van der Waals surface area contributed by atoms with Gasteiger partial charge in [-0.1, -0.05) is 37.3 Å². The second-order valence-corrected chi connectivity index (χ2v) is 5.18. The summed E-state index contributed by atoms with van der Waals surface area (Å²) < 4.78 is 0. The summed E-state index contributed by atoms with van der Waals surface area (Å²) in [7, 11) is 2.16. The molecule has 0 aromatic heterocycles. The minimum atomic E-state index is -0.327. The Bertz CT molecular complexity index is 488. The van der Waals surface area contributed by atoms with E-state index in [4.69, 9.17) is 0 Å². The molecule has 0 spiro atoms. The number of hydrogen-bond acceptors (Lipinski definition) is 3. The van der Waals surface area contributed by atoms with E-state index in [1.54, 1.807) is 0 Å². The van der Waals surface area contributed by atoms with Crippen LogP contribution >= 0.6 is 0 Å². The molecule has 1 unspecified atom stereocenters. The third kappa shape index (κ3) is 3.84. The maximum Gasteiger partial charge on any atom is 0.249 e. The standard InChI is InChI=1S/C14H18BN2O2/c1-9(2)15-10-4-3-5-11(8-10)16-12-6-7-13(18)17-14(12)19/h3-5,8-9,12,16H,6-7H2,1-2H3,(H,17,18,19). The van der Waals surface area contributed by atoms with Gasteiger partial charge in [0.2, 0.25) is 11.8 Å². The molecule has 0 saturated carbocycles. The van der Waals surface area contributed by atoms with E-state index in [0.717, 1.165) is 11.2 Å². The van der Waals surface area contributed by atoms with Crippen LogP contribution in [0.5, 0.6) is 0 Å². The van der Waals surface area contributed by atoms with Gasteiger partial charge in [0.1, 0.15) is 6.04 Å². The van der Waals surface area contributed by atoms with Crippen molar-refractivity contribution in [3.05, 3.63) is 24.3 Å². The molecule has 1 atom stereocenters. The number of benzene rings is 1. The zero-order chi connectivity index (χ0) is 13.8. The Morgan fingerprint density at radius 1 is 1.37 bits per heavy atom. The minimum absolute atomic E-state index is 0.190. The Labute approximate surface area is 114 Å². The largest absolute Gasteiger partial charge is 0.374 e. The summed E-state index contributed by atoms with van der Waals surface area (Å²) in [5, 5.41) is 5.53. The SMILES string of the molecule is CC(C)[B]c1cccc(NC2CCC(=O)NC2=O)c1. The van der Waals surface area contributed by atoms with E-state index in [2.05, 4.69) is 31.8 Å². The Kier molecular flexibility index (Phi) is 4.25. The first-order chi connectivity index (χ1) is 9.04. The molecule has 1 heterocycles. The molecular weight excluding hydrogens is 239 g/mol. The number of amides is 2. The fourth-order valence-corrected chi connectivity index (χ4v) is 2.15. The molecule has 1 saturated heterocycles. The molecule has 1 radical (unpaired) electrons. The summed E-state index contributed by atoms with van der Waals surface area (Å²) in [5.74, 6) is 0.0466. The molecule has 4 nitrogen and oxygen atoms in total. The monoisotopic (exact) mass is 257 g/mol. The van der Waals surface area contributed by atoms with Crippen LogP contribution in [-0.2, 0) is 9.59 Å². The van der Waals surface area contributed by atoms with E-state index >= 15 is 0 Å². The highest BCUT2D eigenvalue weighted by Gasteiger charge is 2.26. The third-order valence-electron chi connectivity index (χ3n) is 2.99. The van der Waals surface area contributed by atoms with E-state index in [9.17, 15) is 9.59 Å². The molecule has 19 heavy (non-hydrogen) atoms. The van der Waals surface area contributed by atoms with Crippen molar-refractivity contribution >= 4 is 30.2 Å². The van der Waals surface area contributed by atoms with E-state index < -0.39 is 0 Å². The van der Waals surface area contributed by atoms with Crippen molar-refractivity contribution in [2.75, 3.05) is 5.32 Å². The van der Waals surface area contributed by atoms with Crippen molar-refractivity contribution in [1.29, 1.82) is 0 Å². The van der Waals surface area contributed by atoms with Gasteiger partial charge in [0.25, 0.3) is 0 Å². The number of imide groups is 1. The number of piperidine rings is 1. The lowest BCUT2D eigenvalue weighted by molar-refractivity contribution is -0.133. The number of rotatable bonds is 4. The van der Waals surface area contributed by atoms with E-state index in [1.807, 2.05) is 24.3 Å². The summed E-state index contributed by atoms with van der Waals surface area (Å²) in [5.41, 5.74) is 2.04. The second-order valence-electron chi connectivity index (χ2n) is 5.18. The highest BCUT2D eigenvalue weighted by Crippen LogP contribution is 2.13. The molecule has 2 N–H and O–H groups in total. The maximum absolute atomic E-state index is 11.7. The van der Waals surface area contributed by atoms with Crippen molar-refractivity contribution in [2.24, 2.45) is 0 Å². The lowest BCUT2D eigenvalue weighted by Crippen LogP contribution is -2.47. The Morgan fingerprint density at radius 3 is 2.84 bits per heavy atom. The van der Waals surface area contributed by atoms with Gasteiger partial charge >= 0.3 is 0 Å². The first-order valence-corrected chi connectivity index (χ1v) is 6.60. The zero-order valence-electron chi connectivity index (χ0n) is 11.3. The number of hydrogen-bond donors (Lipinski definition) is 2. The summed E-state index contributed by atoms with van der Waals surface area (Å²) in [6, 6.07) is 7.62. The molecular formula is C14H18BN2O2. The van der Waals surface area contributed by atoms with Gasteiger partial charge in [-0.15, -0.1) is 0 Å². The third-order valence-corrected chi connectivity index (χ3v) is 2.99. The predicted octanol–water partition coefficient (Wildman–Crippen LogP) is 1.06. The van der Waals surface area contributed by atoms with Crippen LogP contribution in [-0.4, -0.2) is 25.1 Å². The Balaban J connectivity index is 2.02. The highest BCUT2D eigenvalue weighted by atomic mass is 16.2. The van der Waals surface area contributed by atoms with Crippen molar-refractivity contribution in [1.82, 2.24) is 5.32 Å². The molecule has 0 aliphatic carbocycles. The summed E-state index contributed by atoms with van der Waals surface area (Å²) in [6.07, 6.45) is 0.935. The van der Waals surface area contributed by atoms with Gasteiger partial charge in [-0.25, -0.2) is 0 Å². The maximum atomic E-state index is 11.7. The van der Waals surface area contributed by atoms with Gasteiger partial charge < -0.3 is 5.32 Å². The van der Waals surface area contributed by atoms with Crippen molar-refractivity contribution in [3.63, 3.8) is 0 Å². The van der Waals surface area contributed by atoms with Gasteiger partial charge in [-0.2, -0.15) is 0 Å². The summed E-state index contributed by atoms with van der Waals surface area (Å²) in [4.78, 5) is 22.8. The van der Waals surface area contributed by atoms with Crippen LogP contribution in [0.4, 0.5) is 5.69 Å². The fraction of sp³-hybridized carbons (Fsp3) is 0.429. The van der Waals surface area contributed by atoms with E-state index in [0.29, 0.717) is 18.7 Å². The van der Waals surface area contributed by atoms with Crippen molar-refractivity contribution in [2.45, 2.75) is 38.5 Å². The van der Waals surface area contributed by atoms with E-state index in [1.165, 1.54) is 0 Å². The first kappa shape index (κ1) is 13.7. The topological polar surface area (TPSA) is 58.2 Å². The first-order valence-electron chi connectivity index (χ1n) is 6.60. The molecule has 1 aromatic carbocycles. The average molecular weight is 257 g/mol. The number of anilines is 1. The minimum Gasteiger partial charge on any atom is -0.374 e. The molecule has 1 aliphatic rings. The normalized spacial score (nSPS) is 19.2. The highest BCUT2D eigenvalue weighted by molar-refractivity contribution is 6.54. The van der Waals surface area contributed by atoms with Crippen molar-refractivity contribution < 1.29 is 9.59 Å². The Hall–Kier alpha value is -1.78. The van der Waals surface area contributed by atoms with Gasteiger partial charge in [-0.05, 0) is 18.6 Å². The lowest BCUT2D eigenvalue weighted by atomic mass is 9.61. The van der Waals surface area contributed by atoms with Crippen LogP contribution in [0, 0.1) is 0 Å². The molecule has 0 bridgehead atoms. The molecule has 99 valence electrons. The van der Waals surface area contributed by atoms with Gasteiger partial charge in [0.15, 0.2) is 7.28 Å². The van der Waals surface area contributed by atoms with Crippen LogP contribution < -0.4 is 16.1 Å². The van der Waals surface area contributed by atoms with Crippen LogP contribution in [0.2, 0.25) is 5.82 Å². The van der Waals surface area contributed by atoms with Crippen LogP contribution in [0.3, 0.4) is 0 Å². The zero-order valence-corrected chi connectivity index (χ0v) is 11.3. The molecule has 2 amide bonds. The van der Waals surface area contributed by atoms with Gasteiger partial charge in [0.05, 0.1) is 0 Å². The van der Waals surface area contributed by atoms with Gasteiger partial charge in [-0.3, -0.25) is 14.9 Å². The van der Waals surface area contributed by atoms with Crippen LogP contribution in [0.25, 0.3) is 0 Å². The van der Waals surface area contributed by atoms with E-state index in [-0.39, 0.29) is 17.9 Å². The average Bonchev–Trinajstić information content (AvgIpc) is 2.32. The van der Waals surface area contributed by atoms with Crippen LogP contribution in [0.15, 0.2) is 24.3 Å². The molecule has 1 aliphatic heterocycles. The number of nitrogens with one attached hydrogen (secondary N) is 2. The second kappa shape index (κ2) is 5.91. The lowest BCUT2D eigenvalue weighted by Gasteiger charge is -2.23. The van der Waals surface area contributed by atoms with Gasteiger partial charge in [0, 0.05) is 12.1 Å². The molecule has 1 fully saturated rings. The molecule has 2 rings (SSSR count). The Morgan fingerprint density at radius 2 is 2.16 bits per heavy atom. The molecule has 5 heteroatoms. The number of carbonyl (C=O) groups excluding carboxylic acids is 2. The quantitative estimate of drug-likeness (QED) is 0.626. The fourth-order valence-electron chi connectivity index (χ4n) is 2.15.